The molecule has 0 saturated carbocycles. The molecule has 1 amide bonds. The molecule has 4 heteroatoms. The van der Waals surface area contributed by atoms with Crippen molar-refractivity contribution in [2.24, 2.45) is 0 Å². The second-order valence-electron chi connectivity index (χ2n) is 5.62. The summed E-state index contributed by atoms with van der Waals surface area (Å²) in [5, 5.41) is 3.59. The van der Waals surface area contributed by atoms with Crippen LogP contribution in [0.15, 0.2) is 36.4 Å². The maximum Gasteiger partial charge on any atom is 0.224 e. The molecule has 0 saturated heterocycles. The Morgan fingerprint density at radius 3 is 2.70 bits per heavy atom. The first kappa shape index (κ1) is 17.4. The van der Waals surface area contributed by atoms with Crippen molar-refractivity contribution in [1.29, 1.82) is 0 Å². The molecule has 0 spiro atoms. The lowest BCUT2D eigenvalue weighted by atomic mass is 10.0. The van der Waals surface area contributed by atoms with Gasteiger partial charge in [-0.15, -0.1) is 0 Å². The molecule has 2 rings (SSSR count). The number of hydrogen-bond acceptors (Lipinski definition) is 2. The Morgan fingerprint density at radius 2 is 2.00 bits per heavy atom. The van der Waals surface area contributed by atoms with Gasteiger partial charge in [-0.2, -0.15) is 0 Å². The predicted octanol–water partition coefficient (Wildman–Crippen LogP) is 4.93. The van der Waals surface area contributed by atoms with Gasteiger partial charge in [0.2, 0.25) is 5.91 Å². The van der Waals surface area contributed by atoms with Crippen molar-refractivity contribution in [2.75, 3.05) is 12.4 Å². The molecule has 1 N–H and O–H groups in total. The average Bonchev–Trinajstić information content (AvgIpc) is 2.52. The van der Waals surface area contributed by atoms with Crippen LogP contribution in [-0.4, -0.2) is 13.0 Å². The second kappa shape index (κ2) is 8.02. The van der Waals surface area contributed by atoms with Crippen molar-refractivity contribution in [3.8, 4) is 5.75 Å². The zero-order valence-electron chi connectivity index (χ0n) is 13.8. The van der Waals surface area contributed by atoms with Gasteiger partial charge < -0.3 is 10.1 Å². The van der Waals surface area contributed by atoms with Crippen molar-refractivity contribution < 1.29 is 9.53 Å². The van der Waals surface area contributed by atoms with E-state index in [2.05, 4.69) is 11.4 Å². The summed E-state index contributed by atoms with van der Waals surface area (Å²) in [7, 11) is 1.67. The van der Waals surface area contributed by atoms with Crippen LogP contribution in [0.4, 0.5) is 5.69 Å². The Balaban J connectivity index is 1.85. The Morgan fingerprint density at radius 1 is 1.22 bits per heavy atom. The molecule has 23 heavy (non-hydrogen) atoms. The van der Waals surface area contributed by atoms with E-state index in [1.54, 1.807) is 7.11 Å². The van der Waals surface area contributed by atoms with Crippen LogP contribution in [0, 0.1) is 13.8 Å². The number of benzene rings is 2. The third kappa shape index (κ3) is 4.73. The number of rotatable bonds is 6. The number of amides is 1. The topological polar surface area (TPSA) is 38.3 Å². The van der Waals surface area contributed by atoms with Crippen LogP contribution in [0.5, 0.6) is 5.75 Å². The molecule has 0 aliphatic carbocycles. The third-order valence-electron chi connectivity index (χ3n) is 3.87. The molecule has 122 valence electrons. The molecule has 0 aliphatic heterocycles. The molecular formula is C19H22ClNO2. The Labute approximate surface area is 142 Å². The highest BCUT2D eigenvalue weighted by atomic mass is 35.5. The number of aryl methyl sites for hydroxylation is 2. The van der Waals surface area contributed by atoms with Crippen molar-refractivity contribution >= 4 is 23.2 Å². The van der Waals surface area contributed by atoms with Crippen molar-refractivity contribution in [1.82, 2.24) is 0 Å². The Bertz CT molecular complexity index is 698. The van der Waals surface area contributed by atoms with Crippen LogP contribution in [0.25, 0.3) is 0 Å². The molecule has 3 nitrogen and oxygen atoms in total. The summed E-state index contributed by atoms with van der Waals surface area (Å²) in [6, 6.07) is 11.7. The van der Waals surface area contributed by atoms with Gasteiger partial charge in [0.05, 0.1) is 7.11 Å². The number of halogens is 1. The van der Waals surface area contributed by atoms with Gasteiger partial charge in [-0.25, -0.2) is 0 Å². The summed E-state index contributed by atoms with van der Waals surface area (Å²) in [5.74, 6) is 0.906. The molecule has 0 aliphatic rings. The lowest BCUT2D eigenvalue weighted by molar-refractivity contribution is -0.116. The minimum absolute atomic E-state index is 0.0144. The highest BCUT2D eigenvalue weighted by molar-refractivity contribution is 6.31. The first-order valence-electron chi connectivity index (χ1n) is 7.69. The van der Waals surface area contributed by atoms with E-state index in [9.17, 15) is 4.79 Å². The summed E-state index contributed by atoms with van der Waals surface area (Å²) < 4.78 is 5.25. The van der Waals surface area contributed by atoms with E-state index in [-0.39, 0.29) is 5.91 Å². The van der Waals surface area contributed by atoms with E-state index >= 15 is 0 Å². The van der Waals surface area contributed by atoms with E-state index in [1.165, 1.54) is 5.56 Å². The van der Waals surface area contributed by atoms with Crippen molar-refractivity contribution in [2.45, 2.75) is 33.1 Å². The highest BCUT2D eigenvalue weighted by Crippen LogP contribution is 2.23. The van der Waals surface area contributed by atoms with Gasteiger partial charge >= 0.3 is 0 Å². The van der Waals surface area contributed by atoms with E-state index in [0.717, 1.165) is 35.4 Å². The van der Waals surface area contributed by atoms with Gasteiger partial charge in [-0.05, 0) is 61.6 Å². The Hall–Kier alpha value is -2.00. The Kier molecular flexibility index (Phi) is 6.05. The first-order valence-corrected chi connectivity index (χ1v) is 8.07. The molecule has 0 unspecified atom stereocenters. The van der Waals surface area contributed by atoms with Gasteiger partial charge in [-0.1, -0.05) is 29.8 Å². The molecule has 2 aromatic rings. The fraction of sp³-hybridized carbons (Fsp3) is 0.316. The van der Waals surface area contributed by atoms with Gasteiger partial charge in [0, 0.05) is 17.1 Å². The van der Waals surface area contributed by atoms with Gasteiger partial charge in [0.1, 0.15) is 5.75 Å². The maximum absolute atomic E-state index is 12.1. The van der Waals surface area contributed by atoms with Crippen LogP contribution in [0.3, 0.4) is 0 Å². The van der Waals surface area contributed by atoms with Gasteiger partial charge in [-0.3, -0.25) is 4.79 Å². The number of ether oxygens (including phenoxy) is 1. The van der Waals surface area contributed by atoms with Crippen LogP contribution in [-0.2, 0) is 11.2 Å². The number of hydrogen-bond donors (Lipinski definition) is 1. The zero-order chi connectivity index (χ0) is 16.8. The second-order valence-corrected chi connectivity index (χ2v) is 6.03. The lowest BCUT2D eigenvalue weighted by Gasteiger charge is -2.10. The summed E-state index contributed by atoms with van der Waals surface area (Å²) >= 11 is 6.06. The molecule has 2 aromatic carbocycles. The van der Waals surface area contributed by atoms with Crippen LogP contribution >= 0.6 is 11.6 Å². The molecule has 0 aromatic heterocycles. The number of anilines is 1. The van der Waals surface area contributed by atoms with Gasteiger partial charge in [0.15, 0.2) is 0 Å². The minimum Gasteiger partial charge on any atom is -0.496 e. The number of nitrogens with one attached hydrogen (secondary N) is 1. The number of carbonyl (C=O) groups excluding carboxylic acids is 1. The molecule has 0 atom stereocenters. The SMILES string of the molecule is COc1ccc(CCCC(=O)Nc2cccc(Cl)c2C)cc1C. The highest BCUT2D eigenvalue weighted by Gasteiger charge is 2.07. The average molecular weight is 332 g/mol. The standard InChI is InChI=1S/C19H22ClNO2/c1-13-12-15(10-11-18(13)23-3)6-4-9-19(22)21-17-8-5-7-16(20)14(17)2/h5,7-8,10-12H,4,6,9H2,1-3H3,(H,21,22). The fourth-order valence-electron chi connectivity index (χ4n) is 2.50. The van der Waals surface area contributed by atoms with Crippen LogP contribution < -0.4 is 10.1 Å². The predicted molar refractivity (Wildman–Crippen MR) is 95.5 cm³/mol. The van der Waals surface area contributed by atoms with Crippen LogP contribution in [0.2, 0.25) is 5.02 Å². The molecular weight excluding hydrogens is 310 g/mol. The van der Waals surface area contributed by atoms with Crippen LogP contribution in [0.1, 0.15) is 29.5 Å². The summed E-state index contributed by atoms with van der Waals surface area (Å²) in [6.45, 7) is 3.93. The van der Waals surface area contributed by atoms with E-state index in [0.29, 0.717) is 11.4 Å². The summed E-state index contributed by atoms with van der Waals surface area (Å²) in [5.41, 5.74) is 4.01. The smallest absolute Gasteiger partial charge is 0.224 e. The molecule has 0 heterocycles. The largest absolute Gasteiger partial charge is 0.496 e. The normalized spacial score (nSPS) is 10.4. The van der Waals surface area contributed by atoms with Crippen molar-refractivity contribution in [3.05, 3.63) is 58.1 Å². The molecule has 0 bridgehead atoms. The molecule has 0 fully saturated rings. The quantitative estimate of drug-likeness (QED) is 0.815. The maximum atomic E-state index is 12.1. The third-order valence-corrected chi connectivity index (χ3v) is 4.28. The fourth-order valence-corrected chi connectivity index (χ4v) is 2.68. The lowest BCUT2D eigenvalue weighted by Crippen LogP contribution is -2.12. The van der Waals surface area contributed by atoms with E-state index in [4.69, 9.17) is 16.3 Å². The summed E-state index contributed by atoms with van der Waals surface area (Å²) in [4.78, 5) is 12.1. The zero-order valence-corrected chi connectivity index (χ0v) is 14.5. The summed E-state index contributed by atoms with van der Waals surface area (Å²) in [6.07, 6.45) is 2.15. The monoisotopic (exact) mass is 331 g/mol. The van der Waals surface area contributed by atoms with Crippen molar-refractivity contribution in [3.63, 3.8) is 0 Å². The van der Waals surface area contributed by atoms with E-state index in [1.807, 2.05) is 44.2 Å². The minimum atomic E-state index is 0.0144. The number of methoxy groups -OCH3 is 1. The molecule has 0 radical (unpaired) electrons. The number of carbonyl (C=O) groups is 1. The van der Waals surface area contributed by atoms with Gasteiger partial charge in [0.25, 0.3) is 0 Å². The van der Waals surface area contributed by atoms with E-state index < -0.39 is 0 Å². The first-order chi connectivity index (χ1) is 11.0.